The van der Waals surface area contributed by atoms with Crippen LogP contribution in [0.3, 0.4) is 0 Å². The number of nitrogen functional groups attached to an aromatic ring is 1. The molecule has 1 aromatic rings. The number of rotatable bonds is 3. The summed E-state index contributed by atoms with van der Waals surface area (Å²) >= 11 is 6.06. The minimum atomic E-state index is -0.612. The largest absolute Gasteiger partial charge is 0.485 e. The minimum Gasteiger partial charge on any atom is -0.485 e. The molecule has 1 fully saturated rings. The van der Waals surface area contributed by atoms with Gasteiger partial charge >= 0.3 is 0 Å². The molecule has 3 rings (SSSR count). The molecule has 2 aliphatic rings. The normalized spacial score (nSPS) is 21.6. The zero-order valence-electron chi connectivity index (χ0n) is 12.2. The molecule has 0 aromatic heterocycles. The first-order valence-electron chi connectivity index (χ1n) is 7.48. The maximum Gasteiger partial charge on any atom is 0.252 e. The van der Waals surface area contributed by atoms with E-state index in [1.807, 2.05) is 0 Å². The van der Waals surface area contributed by atoms with Crippen molar-refractivity contribution < 1.29 is 14.3 Å². The summed E-state index contributed by atoms with van der Waals surface area (Å²) in [5, 5.41) is 3.59. The van der Waals surface area contributed by atoms with Gasteiger partial charge in [-0.3, -0.25) is 4.79 Å². The van der Waals surface area contributed by atoms with Gasteiger partial charge in [-0.1, -0.05) is 11.6 Å². The van der Waals surface area contributed by atoms with Crippen molar-refractivity contribution in [2.75, 3.05) is 25.4 Å². The highest BCUT2D eigenvalue weighted by atomic mass is 35.5. The molecule has 7 heteroatoms. The van der Waals surface area contributed by atoms with Gasteiger partial charge in [0.15, 0.2) is 11.5 Å². The third-order valence-corrected chi connectivity index (χ3v) is 4.56. The Labute approximate surface area is 134 Å². The summed E-state index contributed by atoms with van der Waals surface area (Å²) in [4.78, 5) is 11.5. The van der Waals surface area contributed by atoms with Gasteiger partial charge in [0.25, 0.3) is 5.91 Å². The van der Waals surface area contributed by atoms with E-state index in [0.717, 1.165) is 32.4 Å². The van der Waals surface area contributed by atoms with Crippen molar-refractivity contribution in [2.45, 2.75) is 25.4 Å². The zero-order valence-corrected chi connectivity index (χ0v) is 13.0. The fraction of sp³-hybridized carbons (Fsp3) is 0.533. The predicted octanol–water partition coefficient (Wildman–Crippen LogP) is 1.55. The number of halogens is 1. The first-order chi connectivity index (χ1) is 10.6. The number of nitrogens with two attached hydrogens (primary N) is 2. The number of piperidine rings is 1. The molecule has 0 radical (unpaired) electrons. The Bertz CT molecular complexity index is 588. The maximum absolute atomic E-state index is 11.5. The van der Waals surface area contributed by atoms with Gasteiger partial charge in [0.1, 0.15) is 12.7 Å². The van der Waals surface area contributed by atoms with Gasteiger partial charge in [-0.05, 0) is 44.3 Å². The van der Waals surface area contributed by atoms with E-state index in [4.69, 9.17) is 32.5 Å². The molecule has 0 bridgehead atoms. The van der Waals surface area contributed by atoms with E-state index in [-0.39, 0.29) is 22.4 Å². The van der Waals surface area contributed by atoms with E-state index >= 15 is 0 Å². The Hall–Kier alpha value is -1.66. The lowest BCUT2D eigenvalue weighted by atomic mass is 9.92. The van der Waals surface area contributed by atoms with Crippen LogP contribution < -0.4 is 26.3 Å². The number of benzene rings is 1. The number of primary amides is 1. The van der Waals surface area contributed by atoms with E-state index in [2.05, 4.69) is 5.32 Å². The topological polar surface area (TPSA) is 99.6 Å². The number of hydrogen-bond donors (Lipinski definition) is 3. The summed E-state index contributed by atoms with van der Waals surface area (Å²) in [6.07, 6.45) is 3.07. The molecule has 0 spiro atoms. The van der Waals surface area contributed by atoms with Gasteiger partial charge in [0.05, 0.1) is 16.3 Å². The maximum atomic E-state index is 11.5. The molecule has 1 unspecified atom stereocenters. The number of anilines is 1. The van der Waals surface area contributed by atoms with Crippen LogP contribution in [0, 0.1) is 5.92 Å². The average Bonchev–Trinajstić information content (AvgIpc) is 2.52. The summed E-state index contributed by atoms with van der Waals surface area (Å²) in [6.45, 7) is 2.46. The average molecular weight is 326 g/mol. The summed E-state index contributed by atoms with van der Waals surface area (Å²) < 4.78 is 11.7. The van der Waals surface area contributed by atoms with E-state index in [1.54, 1.807) is 0 Å². The van der Waals surface area contributed by atoms with Crippen LogP contribution in [-0.4, -0.2) is 31.7 Å². The fourth-order valence-corrected chi connectivity index (χ4v) is 3.24. The van der Waals surface area contributed by atoms with Crippen LogP contribution in [0.5, 0.6) is 11.5 Å². The van der Waals surface area contributed by atoms with E-state index in [1.165, 1.54) is 6.07 Å². The highest BCUT2D eigenvalue weighted by Crippen LogP contribution is 2.44. The van der Waals surface area contributed by atoms with Crippen LogP contribution in [0.1, 0.15) is 29.6 Å². The van der Waals surface area contributed by atoms with Crippen molar-refractivity contribution >= 4 is 23.2 Å². The summed E-state index contributed by atoms with van der Waals surface area (Å²) in [5.41, 5.74) is 11.8. The lowest BCUT2D eigenvalue weighted by molar-refractivity contribution is 0.0669. The van der Waals surface area contributed by atoms with E-state index in [0.29, 0.717) is 24.0 Å². The number of fused-ring (bicyclic) bond motifs is 1. The highest BCUT2D eigenvalue weighted by Gasteiger charge is 2.30. The predicted molar refractivity (Wildman–Crippen MR) is 84.5 cm³/mol. The van der Waals surface area contributed by atoms with Crippen molar-refractivity contribution in [1.29, 1.82) is 0 Å². The lowest BCUT2D eigenvalue weighted by Gasteiger charge is -2.32. The van der Waals surface area contributed by atoms with Crippen molar-refractivity contribution in [3.63, 3.8) is 0 Å². The fourth-order valence-electron chi connectivity index (χ4n) is 3.05. The van der Waals surface area contributed by atoms with E-state index < -0.39 is 5.91 Å². The molecule has 6 nitrogen and oxygen atoms in total. The first kappa shape index (κ1) is 15.2. The monoisotopic (exact) mass is 325 g/mol. The SMILES string of the molecule is NC(=O)c1cc(Cl)c(N)c2c1OCC(CC1CCNCC1)O2. The quantitative estimate of drug-likeness (QED) is 0.732. The Morgan fingerprint density at radius 3 is 2.77 bits per heavy atom. The Morgan fingerprint density at radius 2 is 2.09 bits per heavy atom. The molecule has 0 aliphatic carbocycles. The molecule has 2 aliphatic heterocycles. The molecule has 120 valence electrons. The third kappa shape index (κ3) is 2.94. The van der Waals surface area contributed by atoms with Gasteiger partial charge in [0.2, 0.25) is 0 Å². The second-order valence-corrected chi connectivity index (χ2v) is 6.23. The molecule has 22 heavy (non-hydrogen) atoms. The summed E-state index contributed by atoms with van der Waals surface area (Å²) in [6, 6.07) is 1.43. The Kier molecular flexibility index (Phi) is 4.31. The van der Waals surface area contributed by atoms with Crippen molar-refractivity contribution in [3.8, 4) is 11.5 Å². The molecule has 1 amide bonds. The molecular formula is C15H20ClN3O3. The number of carbonyl (C=O) groups is 1. The van der Waals surface area contributed by atoms with Gasteiger partial charge in [-0.15, -0.1) is 0 Å². The van der Waals surface area contributed by atoms with Gasteiger partial charge in [0, 0.05) is 0 Å². The second kappa shape index (κ2) is 6.22. The number of carbonyl (C=O) groups excluding carboxylic acids is 1. The molecule has 2 heterocycles. The Balaban J connectivity index is 1.81. The molecule has 1 saturated heterocycles. The standard InChI is InChI=1S/C15H20ClN3O3/c16-11-6-10(15(18)20)13-14(12(11)17)22-9(7-21-13)5-8-1-3-19-4-2-8/h6,8-9,19H,1-5,7,17H2,(H2,18,20). The number of hydrogen-bond acceptors (Lipinski definition) is 5. The number of ether oxygens (including phenoxy) is 2. The van der Waals surface area contributed by atoms with Gasteiger partial charge in [-0.25, -0.2) is 0 Å². The van der Waals surface area contributed by atoms with Crippen LogP contribution in [0.25, 0.3) is 0 Å². The minimum absolute atomic E-state index is 0.0860. The van der Waals surface area contributed by atoms with Crippen LogP contribution >= 0.6 is 11.6 Å². The molecule has 1 aromatic carbocycles. The van der Waals surface area contributed by atoms with Gasteiger partial charge < -0.3 is 26.3 Å². The summed E-state index contributed by atoms with van der Waals surface area (Å²) in [5.74, 6) is 0.633. The van der Waals surface area contributed by atoms with Gasteiger partial charge in [-0.2, -0.15) is 0 Å². The second-order valence-electron chi connectivity index (χ2n) is 5.82. The lowest BCUT2D eigenvalue weighted by Crippen LogP contribution is -2.36. The molecule has 0 saturated carbocycles. The Morgan fingerprint density at radius 1 is 1.36 bits per heavy atom. The van der Waals surface area contributed by atoms with E-state index in [9.17, 15) is 4.79 Å². The zero-order chi connectivity index (χ0) is 15.7. The van der Waals surface area contributed by atoms with Crippen LogP contribution in [0.4, 0.5) is 5.69 Å². The molecular weight excluding hydrogens is 306 g/mol. The number of amides is 1. The number of nitrogens with one attached hydrogen (secondary N) is 1. The summed E-state index contributed by atoms with van der Waals surface area (Å²) in [7, 11) is 0. The van der Waals surface area contributed by atoms with Crippen LogP contribution in [0.2, 0.25) is 5.02 Å². The third-order valence-electron chi connectivity index (χ3n) is 4.24. The van der Waals surface area contributed by atoms with Crippen molar-refractivity contribution in [2.24, 2.45) is 11.7 Å². The van der Waals surface area contributed by atoms with Crippen molar-refractivity contribution in [1.82, 2.24) is 5.32 Å². The highest BCUT2D eigenvalue weighted by molar-refractivity contribution is 6.34. The smallest absolute Gasteiger partial charge is 0.252 e. The van der Waals surface area contributed by atoms with Crippen LogP contribution in [0.15, 0.2) is 6.07 Å². The molecule has 5 N–H and O–H groups in total. The van der Waals surface area contributed by atoms with Crippen molar-refractivity contribution in [3.05, 3.63) is 16.7 Å². The molecule has 1 atom stereocenters. The first-order valence-corrected chi connectivity index (χ1v) is 7.86. The van der Waals surface area contributed by atoms with Crippen LogP contribution in [-0.2, 0) is 0 Å².